The summed E-state index contributed by atoms with van der Waals surface area (Å²) in [5, 5.41) is 3.57. The van der Waals surface area contributed by atoms with Crippen LogP contribution in [0.1, 0.15) is 49.3 Å². The summed E-state index contributed by atoms with van der Waals surface area (Å²) < 4.78 is 11.1. The van der Waals surface area contributed by atoms with Gasteiger partial charge in [0.2, 0.25) is 0 Å². The molecule has 0 saturated carbocycles. The number of rotatable bonds is 8. The SMILES string of the molecule is CCNC(c1ccc(COC)o1)C(CC)c1ccccc1. The highest BCUT2D eigenvalue weighted by Gasteiger charge is 2.25. The van der Waals surface area contributed by atoms with Gasteiger partial charge in [-0.15, -0.1) is 0 Å². The zero-order chi connectivity index (χ0) is 15.1. The number of ether oxygens (including phenoxy) is 1. The number of nitrogens with one attached hydrogen (secondary N) is 1. The van der Waals surface area contributed by atoms with E-state index in [2.05, 4.69) is 55.6 Å². The predicted octanol–water partition coefficient (Wildman–Crippen LogP) is 4.27. The Kier molecular flexibility index (Phi) is 6.03. The third kappa shape index (κ3) is 3.96. The van der Waals surface area contributed by atoms with Crippen LogP contribution in [0.25, 0.3) is 0 Å². The van der Waals surface area contributed by atoms with E-state index in [0.717, 1.165) is 24.5 Å². The third-order valence-electron chi connectivity index (χ3n) is 3.77. The molecule has 0 bridgehead atoms. The molecule has 3 nitrogen and oxygen atoms in total. The van der Waals surface area contributed by atoms with Gasteiger partial charge < -0.3 is 14.5 Å². The number of benzene rings is 1. The highest BCUT2D eigenvalue weighted by atomic mass is 16.5. The van der Waals surface area contributed by atoms with Gasteiger partial charge in [-0.3, -0.25) is 0 Å². The minimum absolute atomic E-state index is 0.188. The fourth-order valence-corrected chi connectivity index (χ4v) is 2.81. The molecular formula is C18H25NO2. The van der Waals surface area contributed by atoms with E-state index in [1.165, 1.54) is 5.56 Å². The molecule has 1 aromatic carbocycles. The second-order valence-electron chi connectivity index (χ2n) is 5.20. The normalized spacial score (nSPS) is 14.0. The van der Waals surface area contributed by atoms with E-state index in [9.17, 15) is 0 Å². The van der Waals surface area contributed by atoms with Gasteiger partial charge in [0.25, 0.3) is 0 Å². The van der Waals surface area contributed by atoms with Crippen LogP contribution in [-0.2, 0) is 11.3 Å². The molecule has 0 aliphatic heterocycles. The van der Waals surface area contributed by atoms with E-state index < -0.39 is 0 Å². The quantitative estimate of drug-likeness (QED) is 0.787. The van der Waals surface area contributed by atoms with Gasteiger partial charge >= 0.3 is 0 Å². The van der Waals surface area contributed by atoms with Crippen LogP contribution in [0.3, 0.4) is 0 Å². The van der Waals surface area contributed by atoms with Crippen molar-refractivity contribution in [2.75, 3.05) is 13.7 Å². The molecule has 1 aromatic heterocycles. The summed E-state index contributed by atoms with van der Waals surface area (Å²) in [6, 6.07) is 14.9. The number of hydrogen-bond acceptors (Lipinski definition) is 3. The van der Waals surface area contributed by atoms with Crippen molar-refractivity contribution in [1.82, 2.24) is 5.32 Å². The van der Waals surface area contributed by atoms with Crippen LogP contribution in [0.2, 0.25) is 0 Å². The highest BCUT2D eigenvalue weighted by Crippen LogP contribution is 2.34. The first-order chi connectivity index (χ1) is 10.3. The summed E-state index contributed by atoms with van der Waals surface area (Å²) in [7, 11) is 1.68. The molecular weight excluding hydrogens is 262 g/mol. The van der Waals surface area contributed by atoms with Gasteiger partial charge in [0.05, 0.1) is 6.04 Å². The molecule has 2 unspecified atom stereocenters. The minimum Gasteiger partial charge on any atom is -0.462 e. The zero-order valence-corrected chi connectivity index (χ0v) is 13.1. The summed E-state index contributed by atoms with van der Waals surface area (Å²) >= 11 is 0. The van der Waals surface area contributed by atoms with Gasteiger partial charge in [-0.1, -0.05) is 44.2 Å². The Bertz CT molecular complexity index is 521. The van der Waals surface area contributed by atoms with Crippen molar-refractivity contribution in [3.63, 3.8) is 0 Å². The van der Waals surface area contributed by atoms with Crippen LogP contribution in [0, 0.1) is 0 Å². The largest absolute Gasteiger partial charge is 0.462 e. The van der Waals surface area contributed by atoms with Crippen LogP contribution in [0.15, 0.2) is 46.9 Å². The molecule has 0 spiro atoms. The van der Waals surface area contributed by atoms with Crippen LogP contribution in [-0.4, -0.2) is 13.7 Å². The Balaban J connectivity index is 2.27. The lowest BCUT2D eigenvalue weighted by Crippen LogP contribution is -2.26. The van der Waals surface area contributed by atoms with E-state index in [-0.39, 0.29) is 6.04 Å². The summed E-state index contributed by atoms with van der Waals surface area (Å²) in [4.78, 5) is 0. The van der Waals surface area contributed by atoms with Crippen molar-refractivity contribution in [3.8, 4) is 0 Å². The highest BCUT2D eigenvalue weighted by molar-refractivity contribution is 5.24. The van der Waals surface area contributed by atoms with Gasteiger partial charge in [-0.25, -0.2) is 0 Å². The lowest BCUT2D eigenvalue weighted by molar-refractivity contribution is 0.160. The molecule has 0 aliphatic carbocycles. The standard InChI is InChI=1S/C18H25NO2/c1-4-16(14-9-7-6-8-10-14)18(19-5-2)17-12-11-15(21-17)13-20-3/h6-12,16,18-19H,4-5,13H2,1-3H3. The van der Waals surface area contributed by atoms with Crippen molar-refractivity contribution in [3.05, 3.63) is 59.5 Å². The first-order valence-corrected chi connectivity index (χ1v) is 7.66. The van der Waals surface area contributed by atoms with E-state index >= 15 is 0 Å². The second-order valence-corrected chi connectivity index (χ2v) is 5.20. The van der Waals surface area contributed by atoms with Gasteiger partial charge in [0.15, 0.2) is 0 Å². The average Bonchev–Trinajstić information content (AvgIpc) is 2.97. The molecule has 0 aliphatic rings. The van der Waals surface area contributed by atoms with Gasteiger partial charge in [-0.2, -0.15) is 0 Å². The molecule has 114 valence electrons. The maximum absolute atomic E-state index is 5.96. The summed E-state index contributed by atoms with van der Waals surface area (Å²) in [5.74, 6) is 2.26. The molecule has 0 saturated heterocycles. The molecule has 1 N–H and O–H groups in total. The lowest BCUT2D eigenvalue weighted by Gasteiger charge is -2.26. The molecule has 21 heavy (non-hydrogen) atoms. The van der Waals surface area contributed by atoms with Crippen LogP contribution >= 0.6 is 0 Å². The average molecular weight is 287 g/mol. The number of hydrogen-bond donors (Lipinski definition) is 1. The molecule has 3 heteroatoms. The Hall–Kier alpha value is -1.58. The monoisotopic (exact) mass is 287 g/mol. The van der Waals surface area contributed by atoms with Crippen molar-refractivity contribution in [1.29, 1.82) is 0 Å². The first-order valence-electron chi connectivity index (χ1n) is 7.66. The first kappa shape index (κ1) is 15.8. The Morgan fingerprint density at radius 1 is 1.10 bits per heavy atom. The predicted molar refractivity (Wildman–Crippen MR) is 85.3 cm³/mol. The van der Waals surface area contributed by atoms with E-state index in [1.807, 2.05) is 6.07 Å². The number of methoxy groups -OCH3 is 1. The Morgan fingerprint density at radius 2 is 1.86 bits per heavy atom. The molecule has 2 rings (SSSR count). The second kappa shape index (κ2) is 8.01. The molecule has 0 fully saturated rings. The van der Waals surface area contributed by atoms with Crippen LogP contribution in [0.4, 0.5) is 0 Å². The summed E-state index contributed by atoms with van der Waals surface area (Å²) in [6.45, 7) is 5.78. The molecule has 1 heterocycles. The number of likely N-dealkylation sites (N-methyl/N-ethyl adjacent to an activating group) is 1. The van der Waals surface area contributed by atoms with Crippen LogP contribution in [0.5, 0.6) is 0 Å². The molecule has 0 radical (unpaired) electrons. The zero-order valence-electron chi connectivity index (χ0n) is 13.1. The smallest absolute Gasteiger partial charge is 0.129 e. The molecule has 0 amide bonds. The van der Waals surface area contributed by atoms with E-state index in [1.54, 1.807) is 7.11 Å². The van der Waals surface area contributed by atoms with Crippen molar-refractivity contribution in [2.45, 2.75) is 38.8 Å². The van der Waals surface area contributed by atoms with Crippen molar-refractivity contribution < 1.29 is 9.15 Å². The molecule has 2 aromatic rings. The van der Waals surface area contributed by atoms with Gasteiger partial charge in [0, 0.05) is 13.0 Å². The fraction of sp³-hybridized carbons (Fsp3) is 0.444. The van der Waals surface area contributed by atoms with Crippen molar-refractivity contribution in [2.24, 2.45) is 0 Å². The lowest BCUT2D eigenvalue weighted by atomic mass is 9.88. The maximum atomic E-state index is 5.96. The van der Waals surface area contributed by atoms with Crippen LogP contribution < -0.4 is 5.32 Å². The number of furan rings is 1. The topological polar surface area (TPSA) is 34.4 Å². The summed E-state index contributed by atoms with van der Waals surface area (Å²) in [5.41, 5.74) is 1.34. The van der Waals surface area contributed by atoms with Gasteiger partial charge in [0.1, 0.15) is 18.1 Å². The summed E-state index contributed by atoms with van der Waals surface area (Å²) in [6.07, 6.45) is 1.06. The Morgan fingerprint density at radius 3 is 2.48 bits per heavy atom. The Labute approximate surface area is 127 Å². The van der Waals surface area contributed by atoms with Gasteiger partial charge in [-0.05, 0) is 30.7 Å². The maximum Gasteiger partial charge on any atom is 0.129 e. The fourth-order valence-electron chi connectivity index (χ4n) is 2.81. The van der Waals surface area contributed by atoms with E-state index in [4.69, 9.17) is 9.15 Å². The minimum atomic E-state index is 0.188. The molecule has 2 atom stereocenters. The third-order valence-corrected chi connectivity index (χ3v) is 3.77. The van der Waals surface area contributed by atoms with E-state index in [0.29, 0.717) is 12.5 Å². The van der Waals surface area contributed by atoms with Crippen molar-refractivity contribution >= 4 is 0 Å².